The Morgan fingerprint density at radius 3 is 2.59 bits per heavy atom. The third-order valence-corrected chi connectivity index (χ3v) is 6.88. The second-order valence-electron chi connectivity index (χ2n) is 8.95. The number of aryl methyl sites for hydroxylation is 1. The van der Waals surface area contributed by atoms with Gasteiger partial charge in [0.1, 0.15) is 5.75 Å². The average Bonchev–Trinajstić information content (AvgIpc) is 3.25. The lowest BCUT2D eigenvalue weighted by Crippen LogP contribution is -2.43. The lowest BCUT2D eigenvalue weighted by atomic mass is 9.88. The number of amides is 2. The summed E-state index contributed by atoms with van der Waals surface area (Å²) in [6.45, 7) is 5.37. The lowest BCUT2D eigenvalue weighted by molar-refractivity contribution is -0.133. The molecule has 170 valence electrons. The fourth-order valence-corrected chi connectivity index (χ4v) is 4.88. The van der Waals surface area contributed by atoms with E-state index in [1.54, 1.807) is 6.07 Å². The Bertz CT molecular complexity index is 988. The van der Waals surface area contributed by atoms with E-state index in [2.05, 4.69) is 41.4 Å². The van der Waals surface area contributed by atoms with E-state index in [1.165, 1.54) is 23.3 Å². The maximum Gasteiger partial charge on any atom is 0.236 e. The summed E-state index contributed by atoms with van der Waals surface area (Å²) >= 11 is 5.91. The molecule has 2 aromatic rings. The Labute approximate surface area is 194 Å². The zero-order valence-electron chi connectivity index (χ0n) is 18.4. The summed E-state index contributed by atoms with van der Waals surface area (Å²) in [5, 5.41) is 12.6. The van der Waals surface area contributed by atoms with Crippen molar-refractivity contribution < 1.29 is 14.7 Å². The van der Waals surface area contributed by atoms with Crippen molar-refractivity contribution in [3.63, 3.8) is 0 Å². The van der Waals surface area contributed by atoms with Gasteiger partial charge < -0.3 is 15.3 Å². The number of phenols is 1. The van der Waals surface area contributed by atoms with Gasteiger partial charge >= 0.3 is 0 Å². The number of anilines is 1. The Morgan fingerprint density at radius 2 is 1.88 bits per heavy atom. The number of carbonyl (C=O) groups excluding carboxylic acids is 2. The van der Waals surface area contributed by atoms with Crippen LogP contribution in [0.15, 0.2) is 42.5 Å². The highest BCUT2D eigenvalue weighted by molar-refractivity contribution is 6.32. The number of phenolic OH excluding ortho intramolecular Hbond substituents is 1. The lowest BCUT2D eigenvalue weighted by Gasteiger charge is -2.33. The van der Waals surface area contributed by atoms with Crippen LogP contribution in [0.1, 0.15) is 36.3 Å². The number of aromatic hydroxyl groups is 1. The summed E-state index contributed by atoms with van der Waals surface area (Å²) < 4.78 is 0. The van der Waals surface area contributed by atoms with Crippen molar-refractivity contribution in [1.82, 2.24) is 9.80 Å². The highest BCUT2D eigenvalue weighted by atomic mass is 35.5. The number of benzene rings is 2. The zero-order chi connectivity index (χ0) is 22.7. The van der Waals surface area contributed by atoms with E-state index in [9.17, 15) is 14.7 Å². The second-order valence-corrected chi connectivity index (χ2v) is 9.35. The van der Waals surface area contributed by atoms with Gasteiger partial charge in [-0.1, -0.05) is 41.4 Å². The number of hydrogen-bond acceptors (Lipinski definition) is 4. The average molecular weight is 456 g/mol. The van der Waals surface area contributed by atoms with Gasteiger partial charge in [0.25, 0.3) is 0 Å². The molecule has 2 aliphatic heterocycles. The molecule has 2 N–H and O–H groups in total. The molecule has 2 aromatic carbocycles. The van der Waals surface area contributed by atoms with Gasteiger partial charge in [-0.15, -0.1) is 0 Å². The van der Waals surface area contributed by atoms with Crippen LogP contribution in [-0.2, 0) is 9.59 Å². The topological polar surface area (TPSA) is 72.9 Å². The fourth-order valence-electron chi connectivity index (χ4n) is 4.70. The molecule has 0 aliphatic carbocycles. The molecule has 4 rings (SSSR count). The molecule has 0 spiro atoms. The number of nitrogens with one attached hydrogen (secondary N) is 1. The molecule has 0 unspecified atom stereocenters. The van der Waals surface area contributed by atoms with E-state index in [4.69, 9.17) is 11.6 Å². The van der Waals surface area contributed by atoms with Gasteiger partial charge in [-0.25, -0.2) is 0 Å². The van der Waals surface area contributed by atoms with Crippen LogP contribution in [0.5, 0.6) is 5.75 Å². The molecule has 0 aromatic heterocycles. The fraction of sp³-hybridized carbons (Fsp3) is 0.440. The first-order valence-electron chi connectivity index (χ1n) is 11.2. The SMILES string of the molecule is Cc1cccc(C2CCN(C(=O)CN3CC[C@@H](C(=O)Nc4ccc(O)c(Cl)c4)C3)CC2)c1. The maximum absolute atomic E-state index is 12.8. The van der Waals surface area contributed by atoms with E-state index in [0.717, 1.165) is 38.9 Å². The Morgan fingerprint density at radius 1 is 1.09 bits per heavy atom. The van der Waals surface area contributed by atoms with Gasteiger partial charge in [0.05, 0.1) is 17.5 Å². The Balaban J connectivity index is 1.23. The first-order chi connectivity index (χ1) is 15.4. The largest absolute Gasteiger partial charge is 0.506 e. The number of nitrogens with zero attached hydrogens (tertiary/aromatic N) is 2. The number of hydrogen-bond donors (Lipinski definition) is 2. The minimum atomic E-state index is -0.164. The van der Waals surface area contributed by atoms with Gasteiger partial charge in [-0.3, -0.25) is 14.5 Å². The second kappa shape index (κ2) is 9.92. The summed E-state index contributed by atoms with van der Waals surface area (Å²) in [5.41, 5.74) is 3.21. The van der Waals surface area contributed by atoms with E-state index in [1.807, 2.05) is 4.90 Å². The van der Waals surface area contributed by atoms with Gasteiger partial charge in [-0.05, 0) is 62.4 Å². The summed E-state index contributed by atoms with van der Waals surface area (Å²) in [7, 11) is 0. The van der Waals surface area contributed by atoms with Crippen molar-refractivity contribution in [1.29, 1.82) is 0 Å². The van der Waals surface area contributed by atoms with Crippen molar-refractivity contribution in [3.8, 4) is 5.75 Å². The molecule has 2 saturated heterocycles. The predicted octanol–water partition coefficient (Wildman–Crippen LogP) is 4.02. The molecule has 0 bridgehead atoms. The van der Waals surface area contributed by atoms with Crippen molar-refractivity contribution >= 4 is 29.1 Å². The quantitative estimate of drug-likeness (QED) is 0.668. The first kappa shape index (κ1) is 22.6. The molecule has 0 radical (unpaired) electrons. The van der Waals surface area contributed by atoms with Crippen LogP contribution in [-0.4, -0.2) is 59.4 Å². The molecule has 32 heavy (non-hydrogen) atoms. The Hall–Kier alpha value is -2.57. The van der Waals surface area contributed by atoms with Crippen LogP contribution >= 0.6 is 11.6 Å². The summed E-state index contributed by atoms with van der Waals surface area (Å²) in [4.78, 5) is 29.5. The van der Waals surface area contributed by atoms with E-state index in [0.29, 0.717) is 24.7 Å². The van der Waals surface area contributed by atoms with Crippen molar-refractivity contribution in [2.45, 2.75) is 32.1 Å². The maximum atomic E-state index is 12.8. The third-order valence-electron chi connectivity index (χ3n) is 6.58. The molecular formula is C25H30ClN3O3. The summed E-state index contributed by atoms with van der Waals surface area (Å²) in [6, 6.07) is 13.3. The summed E-state index contributed by atoms with van der Waals surface area (Å²) in [5.74, 6) is 0.410. The van der Waals surface area contributed by atoms with Crippen LogP contribution in [0.3, 0.4) is 0 Å². The van der Waals surface area contributed by atoms with Gasteiger partial charge in [0, 0.05) is 25.3 Å². The van der Waals surface area contributed by atoms with Crippen LogP contribution in [0, 0.1) is 12.8 Å². The molecular weight excluding hydrogens is 426 g/mol. The minimum absolute atomic E-state index is 0.0156. The van der Waals surface area contributed by atoms with Crippen LogP contribution < -0.4 is 5.32 Å². The number of likely N-dealkylation sites (tertiary alicyclic amines) is 2. The normalized spacial score (nSPS) is 19.8. The number of halogens is 1. The molecule has 2 amide bonds. The predicted molar refractivity (Wildman–Crippen MR) is 126 cm³/mol. The highest BCUT2D eigenvalue weighted by Crippen LogP contribution is 2.29. The standard InChI is InChI=1S/C25H30ClN3O3/c1-17-3-2-4-19(13-17)18-8-11-29(12-9-18)24(31)16-28-10-7-20(15-28)25(32)27-21-5-6-23(30)22(26)14-21/h2-6,13-14,18,20,30H,7-12,15-16H2,1H3,(H,27,32)/t20-/m1/s1. The smallest absolute Gasteiger partial charge is 0.236 e. The van der Waals surface area contributed by atoms with Crippen molar-refractivity contribution in [2.24, 2.45) is 5.92 Å². The van der Waals surface area contributed by atoms with E-state index >= 15 is 0 Å². The number of piperidine rings is 1. The molecule has 6 nitrogen and oxygen atoms in total. The summed E-state index contributed by atoms with van der Waals surface area (Å²) in [6.07, 6.45) is 2.71. The van der Waals surface area contributed by atoms with Gasteiger partial charge in [0.15, 0.2) is 0 Å². The molecule has 1 atom stereocenters. The van der Waals surface area contributed by atoms with Crippen LogP contribution in [0.2, 0.25) is 5.02 Å². The van der Waals surface area contributed by atoms with Gasteiger partial charge in [0.2, 0.25) is 11.8 Å². The molecule has 2 aliphatic rings. The van der Waals surface area contributed by atoms with E-state index < -0.39 is 0 Å². The molecule has 0 saturated carbocycles. The number of carbonyl (C=O) groups is 2. The zero-order valence-corrected chi connectivity index (χ0v) is 19.1. The molecule has 7 heteroatoms. The van der Waals surface area contributed by atoms with Crippen molar-refractivity contribution in [3.05, 3.63) is 58.6 Å². The monoisotopic (exact) mass is 455 g/mol. The number of rotatable bonds is 5. The first-order valence-corrected chi connectivity index (χ1v) is 11.6. The Kier molecular flexibility index (Phi) is 7.01. The minimum Gasteiger partial charge on any atom is -0.506 e. The molecule has 2 fully saturated rings. The molecule has 2 heterocycles. The van der Waals surface area contributed by atoms with Crippen LogP contribution in [0.25, 0.3) is 0 Å². The third kappa shape index (κ3) is 5.43. The van der Waals surface area contributed by atoms with Gasteiger partial charge in [-0.2, -0.15) is 0 Å². The van der Waals surface area contributed by atoms with Crippen LogP contribution in [0.4, 0.5) is 5.69 Å². The highest BCUT2D eigenvalue weighted by Gasteiger charge is 2.31. The van der Waals surface area contributed by atoms with Crippen molar-refractivity contribution in [2.75, 3.05) is 38.0 Å². The van der Waals surface area contributed by atoms with E-state index in [-0.39, 0.29) is 28.5 Å².